The number of nitrogens with zero attached hydrogens (tertiary/aromatic N) is 2. The van der Waals surface area contributed by atoms with E-state index < -0.39 is 0 Å². The van der Waals surface area contributed by atoms with E-state index in [2.05, 4.69) is 10.2 Å². The number of aryl methyl sites for hydroxylation is 1. The summed E-state index contributed by atoms with van der Waals surface area (Å²) in [5.74, 6) is 0.846. The van der Waals surface area contributed by atoms with Gasteiger partial charge in [0.15, 0.2) is 5.16 Å². The smallest absolute Gasteiger partial charge is 0.343 e. The molecule has 1 aromatic heterocycles. The summed E-state index contributed by atoms with van der Waals surface area (Å²) in [4.78, 5) is 11.4. The third-order valence-electron chi connectivity index (χ3n) is 2.70. The van der Waals surface area contributed by atoms with E-state index >= 15 is 0 Å². The summed E-state index contributed by atoms with van der Waals surface area (Å²) in [6.07, 6.45) is 0.863. The van der Waals surface area contributed by atoms with Gasteiger partial charge in [-0.3, -0.25) is 4.57 Å². The zero-order valence-electron chi connectivity index (χ0n) is 10.2. The monoisotopic (exact) mass is 264 g/mol. The van der Waals surface area contributed by atoms with E-state index in [0.29, 0.717) is 6.54 Å². The number of nitrogens with one attached hydrogen (secondary N) is 1. The maximum Gasteiger partial charge on any atom is 0.343 e. The molecule has 0 amide bonds. The predicted molar refractivity (Wildman–Crippen MR) is 73.8 cm³/mol. The van der Waals surface area contributed by atoms with Gasteiger partial charge in [-0.15, -0.1) is 5.10 Å². The standard InChI is InChI=1S/C12H16N4OS/c1-2-16-11(17)14-15-12(16)18-8-7-9-5-3-4-6-10(9)13/h3-6H,2,7-8,13H2,1H3,(H,14,17). The van der Waals surface area contributed by atoms with Crippen molar-refractivity contribution in [2.75, 3.05) is 11.5 Å². The number of rotatable bonds is 5. The highest BCUT2D eigenvalue weighted by molar-refractivity contribution is 7.99. The van der Waals surface area contributed by atoms with Crippen molar-refractivity contribution in [3.63, 3.8) is 0 Å². The van der Waals surface area contributed by atoms with E-state index in [1.165, 1.54) is 0 Å². The topological polar surface area (TPSA) is 76.7 Å². The zero-order chi connectivity index (χ0) is 13.0. The molecule has 1 aromatic carbocycles. The number of thioether (sulfide) groups is 1. The molecule has 0 fully saturated rings. The molecule has 0 aliphatic carbocycles. The molecule has 1 heterocycles. The van der Waals surface area contributed by atoms with Crippen LogP contribution >= 0.6 is 11.8 Å². The summed E-state index contributed by atoms with van der Waals surface area (Å²) in [7, 11) is 0. The molecule has 0 aliphatic rings. The first-order valence-electron chi connectivity index (χ1n) is 5.83. The minimum atomic E-state index is -0.153. The third kappa shape index (κ3) is 2.76. The first-order chi connectivity index (χ1) is 8.72. The Balaban J connectivity index is 1.97. The van der Waals surface area contributed by atoms with Crippen molar-refractivity contribution < 1.29 is 0 Å². The second kappa shape index (κ2) is 5.77. The molecule has 96 valence electrons. The molecule has 18 heavy (non-hydrogen) atoms. The first-order valence-corrected chi connectivity index (χ1v) is 6.82. The van der Waals surface area contributed by atoms with Crippen LogP contribution in [-0.4, -0.2) is 20.5 Å². The Morgan fingerprint density at radius 1 is 1.44 bits per heavy atom. The van der Waals surface area contributed by atoms with Crippen LogP contribution in [0.1, 0.15) is 12.5 Å². The number of hydrogen-bond donors (Lipinski definition) is 2. The van der Waals surface area contributed by atoms with Crippen molar-refractivity contribution in [3.05, 3.63) is 40.3 Å². The summed E-state index contributed by atoms with van der Waals surface area (Å²) in [6.45, 7) is 2.56. The fraction of sp³-hybridized carbons (Fsp3) is 0.333. The highest BCUT2D eigenvalue weighted by atomic mass is 32.2. The van der Waals surface area contributed by atoms with Crippen molar-refractivity contribution in [2.24, 2.45) is 0 Å². The zero-order valence-corrected chi connectivity index (χ0v) is 11.0. The fourth-order valence-electron chi connectivity index (χ4n) is 1.71. The number of benzene rings is 1. The minimum Gasteiger partial charge on any atom is -0.399 e. The highest BCUT2D eigenvalue weighted by Gasteiger charge is 2.07. The SMILES string of the molecule is CCn1c(SCCc2ccccc2N)n[nH]c1=O. The summed E-state index contributed by atoms with van der Waals surface area (Å²) in [5.41, 5.74) is 7.66. The van der Waals surface area contributed by atoms with Gasteiger partial charge in [0.25, 0.3) is 0 Å². The van der Waals surface area contributed by atoms with Gasteiger partial charge in [0.05, 0.1) is 0 Å². The Bertz CT molecular complexity index is 575. The van der Waals surface area contributed by atoms with Crippen LogP contribution in [0.15, 0.2) is 34.2 Å². The molecule has 0 atom stereocenters. The Hall–Kier alpha value is -1.69. The number of nitrogen functional groups attached to an aromatic ring is 1. The second-order valence-corrected chi connectivity index (χ2v) is 4.91. The van der Waals surface area contributed by atoms with Crippen LogP contribution in [0.4, 0.5) is 5.69 Å². The third-order valence-corrected chi connectivity index (χ3v) is 3.68. The number of aromatic amines is 1. The predicted octanol–water partition coefficient (Wildman–Crippen LogP) is 1.51. The minimum absolute atomic E-state index is 0.153. The van der Waals surface area contributed by atoms with Gasteiger partial charge in [0.2, 0.25) is 0 Å². The molecule has 0 unspecified atom stereocenters. The van der Waals surface area contributed by atoms with Gasteiger partial charge in [-0.25, -0.2) is 9.89 Å². The molecule has 0 saturated carbocycles. The lowest BCUT2D eigenvalue weighted by Gasteiger charge is -2.05. The van der Waals surface area contributed by atoms with Crippen molar-refractivity contribution in [3.8, 4) is 0 Å². The van der Waals surface area contributed by atoms with Gasteiger partial charge >= 0.3 is 5.69 Å². The quantitative estimate of drug-likeness (QED) is 0.634. The first kappa shape index (κ1) is 12.8. The summed E-state index contributed by atoms with van der Waals surface area (Å²) in [6, 6.07) is 7.82. The van der Waals surface area contributed by atoms with Crippen LogP contribution < -0.4 is 11.4 Å². The molecule has 0 radical (unpaired) electrons. The molecule has 5 nitrogen and oxygen atoms in total. The number of hydrogen-bond acceptors (Lipinski definition) is 4. The van der Waals surface area contributed by atoms with Gasteiger partial charge < -0.3 is 5.73 Å². The van der Waals surface area contributed by atoms with E-state index in [4.69, 9.17) is 5.73 Å². The molecule has 2 rings (SSSR count). The van der Waals surface area contributed by atoms with Crippen molar-refractivity contribution in [1.82, 2.24) is 14.8 Å². The molecule has 0 saturated heterocycles. The number of H-pyrrole nitrogens is 1. The molecular formula is C12H16N4OS. The lowest BCUT2D eigenvalue weighted by atomic mass is 10.1. The summed E-state index contributed by atoms with van der Waals surface area (Å²) in [5, 5.41) is 7.19. The highest BCUT2D eigenvalue weighted by Crippen LogP contribution is 2.18. The second-order valence-electron chi connectivity index (χ2n) is 3.85. The van der Waals surface area contributed by atoms with Crippen molar-refractivity contribution in [2.45, 2.75) is 25.0 Å². The Kier molecular flexibility index (Phi) is 4.09. The molecule has 3 N–H and O–H groups in total. The molecule has 6 heteroatoms. The van der Waals surface area contributed by atoms with Crippen LogP contribution in [0, 0.1) is 0 Å². The van der Waals surface area contributed by atoms with E-state index in [-0.39, 0.29) is 5.69 Å². The summed E-state index contributed by atoms with van der Waals surface area (Å²) >= 11 is 1.56. The van der Waals surface area contributed by atoms with Crippen LogP contribution in [0.5, 0.6) is 0 Å². The lowest BCUT2D eigenvalue weighted by Crippen LogP contribution is -2.16. The molecule has 0 aliphatic heterocycles. The van der Waals surface area contributed by atoms with Crippen molar-refractivity contribution in [1.29, 1.82) is 0 Å². The lowest BCUT2D eigenvalue weighted by molar-refractivity contribution is 0.660. The fourth-order valence-corrected chi connectivity index (χ4v) is 2.69. The van der Waals surface area contributed by atoms with Gasteiger partial charge in [0.1, 0.15) is 0 Å². The average Bonchev–Trinajstić information content (AvgIpc) is 2.72. The largest absolute Gasteiger partial charge is 0.399 e. The Morgan fingerprint density at radius 3 is 2.94 bits per heavy atom. The Labute approximate surface area is 109 Å². The van der Waals surface area contributed by atoms with Gasteiger partial charge in [-0.1, -0.05) is 30.0 Å². The van der Waals surface area contributed by atoms with Crippen molar-refractivity contribution >= 4 is 17.4 Å². The molecule has 0 spiro atoms. The normalized spacial score (nSPS) is 10.7. The van der Waals surface area contributed by atoms with Gasteiger partial charge in [0, 0.05) is 18.0 Å². The molecular weight excluding hydrogens is 248 g/mol. The van der Waals surface area contributed by atoms with Crippen LogP contribution in [0.25, 0.3) is 0 Å². The van der Waals surface area contributed by atoms with Gasteiger partial charge in [-0.05, 0) is 25.0 Å². The average molecular weight is 264 g/mol. The maximum absolute atomic E-state index is 11.4. The summed E-state index contributed by atoms with van der Waals surface area (Å²) < 4.78 is 1.62. The van der Waals surface area contributed by atoms with Crippen LogP contribution in [-0.2, 0) is 13.0 Å². The molecule has 2 aromatic rings. The van der Waals surface area contributed by atoms with Crippen LogP contribution in [0.2, 0.25) is 0 Å². The number of anilines is 1. The van der Waals surface area contributed by atoms with E-state index in [9.17, 15) is 4.79 Å². The Morgan fingerprint density at radius 2 is 2.22 bits per heavy atom. The van der Waals surface area contributed by atoms with Gasteiger partial charge in [-0.2, -0.15) is 0 Å². The number of nitrogens with two attached hydrogens (primary N) is 1. The molecule has 0 bridgehead atoms. The maximum atomic E-state index is 11.4. The number of aromatic nitrogens is 3. The van der Waals surface area contributed by atoms with E-state index in [1.54, 1.807) is 16.3 Å². The van der Waals surface area contributed by atoms with E-state index in [1.807, 2.05) is 31.2 Å². The number of para-hydroxylation sites is 1. The van der Waals surface area contributed by atoms with Crippen LogP contribution in [0.3, 0.4) is 0 Å². The van der Waals surface area contributed by atoms with E-state index in [0.717, 1.165) is 28.6 Å².